The quantitative estimate of drug-likeness (QED) is 0.777. The molecule has 2 N–H and O–H groups in total. The van der Waals surface area contributed by atoms with E-state index in [1.807, 2.05) is 0 Å². The van der Waals surface area contributed by atoms with Gasteiger partial charge in [-0.25, -0.2) is 4.39 Å². The number of hydrogen-bond donors (Lipinski definition) is 2. The molecule has 1 saturated carbocycles. The van der Waals surface area contributed by atoms with Crippen molar-refractivity contribution in [3.63, 3.8) is 0 Å². The lowest BCUT2D eigenvalue weighted by molar-refractivity contribution is 0.0916. The molecule has 4 heteroatoms. The zero-order valence-corrected chi connectivity index (χ0v) is 9.87. The van der Waals surface area contributed by atoms with Gasteiger partial charge >= 0.3 is 0 Å². The van der Waals surface area contributed by atoms with Gasteiger partial charge in [0, 0.05) is 11.6 Å². The Morgan fingerprint density at radius 1 is 1.50 bits per heavy atom. The van der Waals surface area contributed by atoms with Crippen molar-refractivity contribution in [1.29, 1.82) is 0 Å². The summed E-state index contributed by atoms with van der Waals surface area (Å²) in [5, 5.41) is 11.5. The summed E-state index contributed by atoms with van der Waals surface area (Å²) >= 11 is 0. The molecule has 0 radical (unpaired) electrons. The molecule has 1 aromatic carbocycles. The van der Waals surface area contributed by atoms with E-state index in [-0.39, 0.29) is 24.1 Å². The predicted molar refractivity (Wildman–Crippen MR) is 65.5 cm³/mol. The molecule has 1 fully saturated rings. The van der Waals surface area contributed by atoms with Gasteiger partial charge in [-0.3, -0.25) is 4.79 Å². The second kappa shape index (κ2) is 5.65. The van der Waals surface area contributed by atoms with E-state index < -0.39 is 5.82 Å². The van der Waals surface area contributed by atoms with Gasteiger partial charge in [-0.1, -0.05) is 11.8 Å². The average Bonchev–Trinajstić information content (AvgIpc) is 2.32. The summed E-state index contributed by atoms with van der Waals surface area (Å²) in [6, 6.07) is 4.07. The van der Waals surface area contributed by atoms with E-state index in [0.29, 0.717) is 5.56 Å². The van der Waals surface area contributed by atoms with Crippen LogP contribution in [0, 0.1) is 17.7 Å². The highest BCUT2D eigenvalue weighted by Gasteiger charge is 2.21. The molecule has 1 aliphatic rings. The van der Waals surface area contributed by atoms with Gasteiger partial charge in [0.1, 0.15) is 12.4 Å². The summed E-state index contributed by atoms with van der Waals surface area (Å²) in [4.78, 5) is 12.0. The number of aliphatic hydroxyl groups excluding tert-OH is 1. The van der Waals surface area contributed by atoms with E-state index in [1.165, 1.54) is 18.2 Å². The lowest BCUT2D eigenvalue weighted by Crippen LogP contribution is -2.39. The van der Waals surface area contributed by atoms with Crippen molar-refractivity contribution in [1.82, 2.24) is 5.32 Å². The highest BCUT2D eigenvalue weighted by Crippen LogP contribution is 2.19. The third kappa shape index (κ3) is 2.88. The monoisotopic (exact) mass is 247 g/mol. The highest BCUT2D eigenvalue weighted by molar-refractivity contribution is 5.97. The Kier molecular flexibility index (Phi) is 3.96. The van der Waals surface area contributed by atoms with Gasteiger partial charge in [0.15, 0.2) is 0 Å². The van der Waals surface area contributed by atoms with Gasteiger partial charge in [-0.15, -0.1) is 0 Å². The fourth-order valence-electron chi connectivity index (χ4n) is 1.76. The molecule has 1 amide bonds. The van der Waals surface area contributed by atoms with Crippen LogP contribution in [-0.2, 0) is 0 Å². The highest BCUT2D eigenvalue weighted by atomic mass is 19.1. The molecule has 0 saturated heterocycles. The molecule has 0 aromatic heterocycles. The van der Waals surface area contributed by atoms with Crippen molar-refractivity contribution in [3.05, 3.63) is 35.1 Å². The largest absolute Gasteiger partial charge is 0.384 e. The number of amides is 1. The fraction of sp³-hybridized carbons (Fsp3) is 0.357. The number of halogens is 1. The Morgan fingerprint density at radius 3 is 2.89 bits per heavy atom. The molecule has 2 rings (SSSR count). The van der Waals surface area contributed by atoms with Crippen molar-refractivity contribution in [3.8, 4) is 11.8 Å². The normalized spacial score (nSPS) is 14.3. The maximum absolute atomic E-state index is 13.2. The van der Waals surface area contributed by atoms with E-state index in [4.69, 9.17) is 5.11 Å². The molecule has 0 aliphatic heterocycles. The Labute approximate surface area is 105 Å². The SMILES string of the molecule is O=C(NC1CCC1)c1cc(F)ccc1C#CCO. The Hall–Kier alpha value is -1.86. The summed E-state index contributed by atoms with van der Waals surface area (Å²) in [6.45, 7) is -0.291. The van der Waals surface area contributed by atoms with Crippen LogP contribution in [0.25, 0.3) is 0 Å². The number of rotatable bonds is 2. The van der Waals surface area contributed by atoms with Crippen LogP contribution in [-0.4, -0.2) is 23.7 Å². The van der Waals surface area contributed by atoms with E-state index >= 15 is 0 Å². The van der Waals surface area contributed by atoms with Crippen LogP contribution in [0.2, 0.25) is 0 Å². The molecule has 3 nitrogen and oxygen atoms in total. The van der Waals surface area contributed by atoms with Crippen molar-refractivity contribution in [2.45, 2.75) is 25.3 Å². The topological polar surface area (TPSA) is 49.3 Å². The Balaban J connectivity index is 2.22. The third-order valence-electron chi connectivity index (χ3n) is 2.97. The third-order valence-corrected chi connectivity index (χ3v) is 2.97. The van der Waals surface area contributed by atoms with E-state index in [1.54, 1.807) is 0 Å². The zero-order chi connectivity index (χ0) is 13.0. The van der Waals surface area contributed by atoms with Crippen LogP contribution >= 0.6 is 0 Å². The van der Waals surface area contributed by atoms with Crippen LogP contribution in [0.4, 0.5) is 4.39 Å². The molecule has 0 unspecified atom stereocenters. The fourth-order valence-corrected chi connectivity index (χ4v) is 1.76. The number of nitrogens with one attached hydrogen (secondary N) is 1. The molecule has 0 bridgehead atoms. The molecular formula is C14H14FNO2. The first-order valence-electron chi connectivity index (χ1n) is 5.91. The molecular weight excluding hydrogens is 233 g/mol. The number of carbonyl (C=O) groups is 1. The van der Waals surface area contributed by atoms with E-state index in [2.05, 4.69) is 17.2 Å². The van der Waals surface area contributed by atoms with Gasteiger partial charge in [-0.2, -0.15) is 0 Å². The van der Waals surface area contributed by atoms with Crippen molar-refractivity contribution in [2.75, 3.05) is 6.61 Å². The lowest BCUT2D eigenvalue weighted by Gasteiger charge is -2.26. The van der Waals surface area contributed by atoms with Crippen LogP contribution in [0.15, 0.2) is 18.2 Å². The summed E-state index contributed by atoms with van der Waals surface area (Å²) in [5.41, 5.74) is 0.658. The lowest BCUT2D eigenvalue weighted by atomic mass is 9.92. The van der Waals surface area contributed by atoms with Crippen LogP contribution in [0.3, 0.4) is 0 Å². The van der Waals surface area contributed by atoms with Crippen LogP contribution in [0.5, 0.6) is 0 Å². The van der Waals surface area contributed by atoms with E-state index in [0.717, 1.165) is 19.3 Å². The number of benzene rings is 1. The van der Waals surface area contributed by atoms with Crippen LogP contribution < -0.4 is 5.32 Å². The average molecular weight is 247 g/mol. The number of hydrogen-bond acceptors (Lipinski definition) is 2. The molecule has 18 heavy (non-hydrogen) atoms. The summed E-state index contributed by atoms with van der Waals surface area (Å²) < 4.78 is 13.2. The summed E-state index contributed by atoms with van der Waals surface area (Å²) in [6.07, 6.45) is 3.06. The maximum atomic E-state index is 13.2. The molecule has 94 valence electrons. The minimum Gasteiger partial charge on any atom is -0.384 e. The minimum atomic E-state index is -0.469. The molecule has 1 aromatic rings. The summed E-state index contributed by atoms with van der Waals surface area (Å²) in [5.74, 6) is 4.34. The van der Waals surface area contributed by atoms with Gasteiger partial charge in [0.25, 0.3) is 5.91 Å². The molecule has 1 aliphatic carbocycles. The molecule has 0 atom stereocenters. The minimum absolute atomic E-state index is 0.194. The van der Waals surface area contributed by atoms with E-state index in [9.17, 15) is 9.18 Å². The smallest absolute Gasteiger partial charge is 0.252 e. The van der Waals surface area contributed by atoms with Gasteiger partial charge < -0.3 is 10.4 Å². The first-order valence-corrected chi connectivity index (χ1v) is 5.91. The number of aliphatic hydroxyl groups is 1. The van der Waals surface area contributed by atoms with Crippen molar-refractivity contribution in [2.24, 2.45) is 0 Å². The number of carbonyl (C=O) groups excluding carboxylic acids is 1. The van der Waals surface area contributed by atoms with Crippen LogP contribution in [0.1, 0.15) is 35.2 Å². The molecule has 0 heterocycles. The Bertz CT molecular complexity index is 512. The zero-order valence-electron chi connectivity index (χ0n) is 9.87. The van der Waals surface area contributed by atoms with Crippen molar-refractivity contribution < 1.29 is 14.3 Å². The Morgan fingerprint density at radius 2 is 2.28 bits per heavy atom. The van der Waals surface area contributed by atoms with Gasteiger partial charge in [-0.05, 0) is 37.5 Å². The van der Waals surface area contributed by atoms with Crippen molar-refractivity contribution >= 4 is 5.91 Å². The predicted octanol–water partition coefficient (Wildman–Crippen LogP) is 1.45. The van der Waals surface area contributed by atoms with Gasteiger partial charge in [0.2, 0.25) is 0 Å². The summed E-state index contributed by atoms with van der Waals surface area (Å²) in [7, 11) is 0. The van der Waals surface area contributed by atoms with Gasteiger partial charge in [0.05, 0.1) is 5.56 Å². The standard InChI is InChI=1S/C14H14FNO2/c15-11-7-6-10(3-2-8-17)13(9-11)14(18)16-12-4-1-5-12/h6-7,9,12,17H,1,4-5,8H2,(H,16,18). The molecule has 0 spiro atoms. The maximum Gasteiger partial charge on any atom is 0.252 e. The second-order valence-corrected chi connectivity index (χ2v) is 4.25. The first-order chi connectivity index (χ1) is 8.70. The second-order valence-electron chi connectivity index (χ2n) is 4.25. The first kappa shape index (κ1) is 12.6.